The van der Waals surface area contributed by atoms with E-state index in [2.05, 4.69) is 15.9 Å². The monoisotopic (exact) mass is 369 g/mol. The van der Waals surface area contributed by atoms with Gasteiger partial charge in [-0.15, -0.1) is 11.3 Å². The number of rotatable bonds is 4. The Morgan fingerprint density at radius 2 is 2.10 bits per heavy atom. The Kier molecular flexibility index (Phi) is 5.40. The van der Waals surface area contributed by atoms with E-state index in [0.29, 0.717) is 11.6 Å². The van der Waals surface area contributed by atoms with Gasteiger partial charge in [-0.2, -0.15) is 0 Å². The molecule has 0 radical (unpaired) electrons. The van der Waals surface area contributed by atoms with Crippen molar-refractivity contribution >= 4 is 50.9 Å². The number of thiophene rings is 1. The summed E-state index contributed by atoms with van der Waals surface area (Å²) in [6.45, 7) is 0.599. The molecule has 2 aromatic rings. The van der Waals surface area contributed by atoms with Gasteiger partial charge in [0.2, 0.25) is 5.91 Å². The quantitative estimate of drug-likeness (QED) is 0.705. The molecule has 0 aliphatic heterocycles. The van der Waals surface area contributed by atoms with Crippen molar-refractivity contribution in [2.24, 2.45) is 0 Å². The molecule has 1 aromatic carbocycles. The number of benzene rings is 1. The molecule has 104 valence electrons. The van der Waals surface area contributed by atoms with Crippen molar-refractivity contribution in [1.82, 2.24) is 4.90 Å². The van der Waals surface area contributed by atoms with Crippen LogP contribution in [0.15, 0.2) is 46.3 Å². The lowest BCUT2D eigenvalue weighted by atomic mass is 10.2. The molecule has 0 atom stereocenters. The summed E-state index contributed by atoms with van der Waals surface area (Å²) < 4.78 is 1.07. The second kappa shape index (κ2) is 7.07. The second-order valence-corrected chi connectivity index (χ2v) is 7.21. The number of likely N-dealkylation sites (N-methyl/N-ethyl adjacent to an activating group) is 1. The summed E-state index contributed by atoms with van der Waals surface area (Å²) in [7, 11) is 1.78. The third-order valence-corrected chi connectivity index (χ3v) is 4.66. The minimum atomic E-state index is -0.0468. The predicted molar refractivity (Wildman–Crippen MR) is 89.0 cm³/mol. The van der Waals surface area contributed by atoms with E-state index in [9.17, 15) is 4.79 Å². The third-order valence-electron chi connectivity index (χ3n) is 2.71. The highest BCUT2D eigenvalue weighted by molar-refractivity contribution is 9.11. The summed E-state index contributed by atoms with van der Waals surface area (Å²) in [5.74, 6) is -0.0468. The number of nitrogens with zero attached hydrogens (tertiary/aromatic N) is 1. The molecule has 2 rings (SSSR count). The number of carbonyl (C=O) groups is 1. The molecular formula is C15H13BrClNOS. The van der Waals surface area contributed by atoms with Gasteiger partial charge in [0.15, 0.2) is 0 Å². The van der Waals surface area contributed by atoms with Gasteiger partial charge >= 0.3 is 0 Å². The Morgan fingerprint density at radius 1 is 1.35 bits per heavy atom. The summed E-state index contributed by atoms with van der Waals surface area (Å²) in [4.78, 5) is 14.8. The molecule has 1 amide bonds. The minimum absolute atomic E-state index is 0.0468. The Morgan fingerprint density at radius 3 is 2.75 bits per heavy atom. The van der Waals surface area contributed by atoms with Gasteiger partial charge in [0.25, 0.3) is 0 Å². The summed E-state index contributed by atoms with van der Waals surface area (Å²) in [6.07, 6.45) is 3.29. The smallest absolute Gasteiger partial charge is 0.246 e. The van der Waals surface area contributed by atoms with Gasteiger partial charge in [-0.1, -0.05) is 29.8 Å². The fourth-order valence-electron chi connectivity index (χ4n) is 1.65. The molecule has 1 heterocycles. The van der Waals surface area contributed by atoms with Gasteiger partial charge in [0.1, 0.15) is 0 Å². The molecular weight excluding hydrogens is 358 g/mol. The van der Waals surface area contributed by atoms with Crippen LogP contribution >= 0.6 is 38.9 Å². The van der Waals surface area contributed by atoms with Crippen LogP contribution in [0.5, 0.6) is 0 Å². The van der Waals surface area contributed by atoms with Gasteiger partial charge in [-0.05, 0) is 45.8 Å². The van der Waals surface area contributed by atoms with Gasteiger partial charge < -0.3 is 4.90 Å². The maximum atomic E-state index is 12.0. The number of amides is 1. The van der Waals surface area contributed by atoms with Gasteiger partial charge in [0, 0.05) is 23.0 Å². The zero-order chi connectivity index (χ0) is 14.5. The van der Waals surface area contributed by atoms with Crippen LogP contribution in [-0.2, 0) is 11.3 Å². The van der Waals surface area contributed by atoms with E-state index in [1.807, 2.05) is 30.3 Å². The maximum absolute atomic E-state index is 12.0. The molecule has 1 aromatic heterocycles. The van der Waals surface area contributed by atoms with Crippen molar-refractivity contribution in [3.05, 3.63) is 61.7 Å². The fraction of sp³-hybridized carbons (Fsp3) is 0.133. The molecule has 0 saturated carbocycles. The summed E-state index contributed by atoms with van der Waals surface area (Å²) in [5.41, 5.74) is 0.842. The first kappa shape index (κ1) is 15.3. The lowest BCUT2D eigenvalue weighted by Gasteiger charge is -2.13. The maximum Gasteiger partial charge on any atom is 0.246 e. The van der Waals surface area contributed by atoms with Crippen LogP contribution in [0.4, 0.5) is 0 Å². The zero-order valence-corrected chi connectivity index (χ0v) is 14.0. The van der Waals surface area contributed by atoms with E-state index in [-0.39, 0.29) is 5.91 Å². The topological polar surface area (TPSA) is 20.3 Å². The van der Waals surface area contributed by atoms with Crippen LogP contribution in [0.2, 0.25) is 5.02 Å². The molecule has 0 bridgehead atoms. The van der Waals surface area contributed by atoms with Crippen LogP contribution in [0.1, 0.15) is 10.4 Å². The average molecular weight is 371 g/mol. The average Bonchev–Trinajstić information content (AvgIpc) is 2.82. The van der Waals surface area contributed by atoms with Crippen molar-refractivity contribution in [3.8, 4) is 0 Å². The van der Waals surface area contributed by atoms with Gasteiger partial charge in [-0.3, -0.25) is 4.79 Å². The largest absolute Gasteiger partial charge is 0.337 e. The van der Waals surface area contributed by atoms with E-state index >= 15 is 0 Å². The van der Waals surface area contributed by atoms with E-state index in [4.69, 9.17) is 11.6 Å². The fourth-order valence-corrected chi connectivity index (χ4v) is 3.38. The van der Waals surface area contributed by atoms with Crippen molar-refractivity contribution in [1.29, 1.82) is 0 Å². The van der Waals surface area contributed by atoms with Crippen molar-refractivity contribution in [2.45, 2.75) is 6.54 Å². The first-order valence-electron chi connectivity index (χ1n) is 5.98. The summed E-state index contributed by atoms with van der Waals surface area (Å²) in [5, 5.41) is 0.640. The highest BCUT2D eigenvalue weighted by Gasteiger charge is 2.07. The highest BCUT2D eigenvalue weighted by Crippen LogP contribution is 2.23. The Labute approximate surface area is 135 Å². The number of carbonyl (C=O) groups excluding carboxylic acids is 1. The van der Waals surface area contributed by atoms with E-state index in [1.165, 1.54) is 0 Å². The number of hydrogen-bond acceptors (Lipinski definition) is 2. The number of halogens is 2. The molecule has 0 unspecified atom stereocenters. The van der Waals surface area contributed by atoms with Crippen LogP contribution in [0.3, 0.4) is 0 Å². The summed E-state index contributed by atoms with van der Waals surface area (Å²) in [6, 6.07) is 11.4. The lowest BCUT2D eigenvalue weighted by molar-refractivity contribution is -0.125. The minimum Gasteiger partial charge on any atom is -0.337 e. The zero-order valence-electron chi connectivity index (χ0n) is 10.8. The predicted octanol–water partition coefficient (Wildman–Crippen LogP) is 4.84. The van der Waals surface area contributed by atoms with Crippen LogP contribution in [0, 0.1) is 0 Å². The van der Waals surface area contributed by atoms with Crippen molar-refractivity contribution in [2.75, 3.05) is 7.05 Å². The third kappa shape index (κ3) is 4.20. The second-order valence-electron chi connectivity index (χ2n) is 4.25. The number of hydrogen-bond donors (Lipinski definition) is 0. The Bertz CT molecular complexity index is 638. The van der Waals surface area contributed by atoms with E-state index < -0.39 is 0 Å². The molecule has 5 heteroatoms. The van der Waals surface area contributed by atoms with Crippen LogP contribution in [-0.4, -0.2) is 17.9 Å². The van der Waals surface area contributed by atoms with Crippen LogP contribution < -0.4 is 0 Å². The molecule has 0 aliphatic rings. The van der Waals surface area contributed by atoms with Crippen molar-refractivity contribution in [3.63, 3.8) is 0 Å². The molecule has 0 fully saturated rings. The standard InChI is InChI=1S/C15H13BrClNOS/c1-18(10-12-7-8-14(16)20-12)15(19)9-6-11-4-2-3-5-13(11)17/h2-9H,10H2,1H3. The summed E-state index contributed by atoms with van der Waals surface area (Å²) >= 11 is 11.1. The first-order valence-corrected chi connectivity index (χ1v) is 7.97. The Hall–Kier alpha value is -1.10. The van der Waals surface area contributed by atoms with E-state index in [0.717, 1.165) is 14.2 Å². The van der Waals surface area contributed by atoms with Gasteiger partial charge in [0.05, 0.1) is 10.3 Å². The molecule has 20 heavy (non-hydrogen) atoms. The molecule has 0 saturated heterocycles. The van der Waals surface area contributed by atoms with Gasteiger partial charge in [-0.25, -0.2) is 0 Å². The van der Waals surface area contributed by atoms with E-state index in [1.54, 1.807) is 41.5 Å². The van der Waals surface area contributed by atoms with Crippen molar-refractivity contribution < 1.29 is 4.79 Å². The molecule has 0 N–H and O–H groups in total. The van der Waals surface area contributed by atoms with Crippen LogP contribution in [0.25, 0.3) is 6.08 Å². The molecule has 0 spiro atoms. The Balaban J connectivity index is 1.99. The highest BCUT2D eigenvalue weighted by atomic mass is 79.9. The lowest BCUT2D eigenvalue weighted by Crippen LogP contribution is -2.23. The normalized spacial score (nSPS) is 10.9. The molecule has 2 nitrogen and oxygen atoms in total. The molecule has 0 aliphatic carbocycles. The SMILES string of the molecule is CN(Cc1ccc(Br)s1)C(=O)C=Cc1ccccc1Cl. The first-order chi connectivity index (χ1) is 9.56.